The molecule has 7 heteroatoms. The molecule has 0 radical (unpaired) electrons. The smallest absolute Gasteiger partial charge is 0.217 e. The Bertz CT molecular complexity index is 869. The van der Waals surface area contributed by atoms with Gasteiger partial charge in [0, 0.05) is 6.92 Å². The van der Waals surface area contributed by atoms with Gasteiger partial charge in [0.1, 0.15) is 24.4 Å². The summed E-state index contributed by atoms with van der Waals surface area (Å²) in [6, 6.07) is -0.871. The summed E-state index contributed by atoms with van der Waals surface area (Å²) in [6.07, 6.45) is 13.4. The van der Waals surface area contributed by atoms with Crippen LogP contribution in [-0.4, -0.2) is 64.6 Å². The summed E-state index contributed by atoms with van der Waals surface area (Å²) in [4.78, 5) is 11.9. The van der Waals surface area contributed by atoms with Crippen molar-refractivity contribution in [2.24, 2.45) is 46.8 Å². The van der Waals surface area contributed by atoms with Gasteiger partial charge >= 0.3 is 0 Å². The topological polar surface area (TPSA) is 108 Å². The van der Waals surface area contributed by atoms with Crippen LogP contribution in [0.15, 0.2) is 0 Å². The van der Waals surface area contributed by atoms with Crippen LogP contribution in [0.3, 0.4) is 0 Å². The third-order valence-corrected chi connectivity index (χ3v) is 12.5. The van der Waals surface area contributed by atoms with Crippen molar-refractivity contribution < 1.29 is 29.6 Å². The van der Waals surface area contributed by atoms with E-state index in [0.29, 0.717) is 11.3 Å². The van der Waals surface area contributed by atoms with Crippen LogP contribution in [-0.2, 0) is 14.3 Å². The van der Waals surface area contributed by atoms with Crippen molar-refractivity contribution in [1.29, 1.82) is 0 Å². The lowest BCUT2D eigenvalue weighted by Gasteiger charge is -2.50. The standard InChI is InChI=1S/C36H65NO6/c1-7-26-18-19-36(6)29(23(4)11-8-10-22(2)3)16-17-30(36)28(26)15-14-25-12-9-13-27(20-25)42-35-32(37-24(5)39)34(41)33(40)31(21-38)43-35/h22-23,25-35,38,40-41H,7-21H2,1-6H3,(H,37,39)/t23-,25?,26?,27+,28?,29-,30?,31?,32?,33-,34?,35+,36-/m1/s1. The molecule has 7 nitrogen and oxygen atoms in total. The summed E-state index contributed by atoms with van der Waals surface area (Å²) in [5.74, 6) is 5.32. The Balaban J connectivity index is 1.35. The first kappa shape index (κ1) is 35.1. The number of amides is 1. The molecular weight excluding hydrogens is 542 g/mol. The van der Waals surface area contributed by atoms with E-state index in [0.717, 1.165) is 54.8 Å². The lowest BCUT2D eigenvalue weighted by molar-refractivity contribution is -0.285. The maximum atomic E-state index is 11.9. The van der Waals surface area contributed by atoms with Gasteiger partial charge in [0.2, 0.25) is 5.91 Å². The molecule has 0 bridgehead atoms. The first-order valence-electron chi connectivity index (χ1n) is 18.0. The quantitative estimate of drug-likeness (QED) is 0.198. The highest BCUT2D eigenvalue weighted by Crippen LogP contribution is 2.62. The molecule has 13 atom stereocenters. The molecule has 0 aromatic carbocycles. The summed E-state index contributed by atoms with van der Waals surface area (Å²) in [6.45, 7) is 13.3. The first-order chi connectivity index (χ1) is 20.5. The van der Waals surface area contributed by atoms with E-state index in [2.05, 4.69) is 39.9 Å². The largest absolute Gasteiger partial charge is 0.394 e. The van der Waals surface area contributed by atoms with Crippen molar-refractivity contribution in [3.63, 3.8) is 0 Å². The number of ether oxygens (including phenoxy) is 2. The molecule has 0 aromatic rings. The first-order valence-corrected chi connectivity index (χ1v) is 18.0. The van der Waals surface area contributed by atoms with E-state index in [4.69, 9.17) is 9.47 Å². The Kier molecular flexibility index (Phi) is 12.8. The second-order valence-electron chi connectivity index (χ2n) is 15.8. The fourth-order valence-corrected chi connectivity index (χ4v) is 10.2. The predicted octanol–water partition coefficient (Wildman–Crippen LogP) is 6.22. The molecule has 7 unspecified atom stereocenters. The number of hydrogen-bond acceptors (Lipinski definition) is 6. The third kappa shape index (κ3) is 8.36. The Morgan fingerprint density at radius 3 is 2.49 bits per heavy atom. The molecule has 4 fully saturated rings. The van der Waals surface area contributed by atoms with E-state index in [9.17, 15) is 20.1 Å². The molecule has 4 N–H and O–H groups in total. The third-order valence-electron chi connectivity index (χ3n) is 12.5. The maximum absolute atomic E-state index is 11.9. The van der Waals surface area contributed by atoms with Crippen LogP contribution in [0, 0.1) is 46.8 Å². The molecule has 0 aromatic heterocycles. The van der Waals surface area contributed by atoms with E-state index in [1.807, 2.05) is 0 Å². The average Bonchev–Trinajstić information content (AvgIpc) is 3.32. The molecule has 3 saturated carbocycles. The number of aliphatic hydroxyl groups excluding tert-OH is 3. The number of rotatable bonds is 13. The zero-order chi connectivity index (χ0) is 31.3. The summed E-state index contributed by atoms with van der Waals surface area (Å²) >= 11 is 0. The number of fused-ring (bicyclic) bond motifs is 1. The van der Waals surface area contributed by atoms with Gasteiger partial charge in [-0.05, 0) is 91.8 Å². The highest BCUT2D eigenvalue weighted by molar-refractivity contribution is 5.73. The van der Waals surface area contributed by atoms with Crippen LogP contribution >= 0.6 is 0 Å². The van der Waals surface area contributed by atoms with Crippen LogP contribution < -0.4 is 5.32 Å². The zero-order valence-corrected chi connectivity index (χ0v) is 28.2. The normalized spacial score (nSPS) is 42.5. The van der Waals surface area contributed by atoms with Gasteiger partial charge in [-0.2, -0.15) is 0 Å². The van der Waals surface area contributed by atoms with Gasteiger partial charge < -0.3 is 30.1 Å². The van der Waals surface area contributed by atoms with Gasteiger partial charge in [0.15, 0.2) is 6.29 Å². The second kappa shape index (κ2) is 15.7. The summed E-state index contributed by atoms with van der Waals surface area (Å²) in [7, 11) is 0. The van der Waals surface area contributed by atoms with Gasteiger partial charge in [-0.3, -0.25) is 4.79 Å². The maximum Gasteiger partial charge on any atom is 0.217 e. The van der Waals surface area contributed by atoms with Gasteiger partial charge in [0.25, 0.3) is 0 Å². The number of aliphatic hydroxyl groups is 3. The molecular formula is C36H65NO6. The molecule has 1 saturated heterocycles. The SMILES string of the molecule is CCC1CC[C@@]2(C)C(CC[C@@H]2[C@H](C)CCCC(C)C)C1CCC1CCC[C@H](O[C@H]2OC(CO)[C@@H](O)C(O)C2NC(C)=O)C1. The molecule has 4 rings (SSSR count). The Morgan fingerprint density at radius 2 is 1.81 bits per heavy atom. The van der Waals surface area contributed by atoms with Crippen molar-refractivity contribution >= 4 is 5.91 Å². The van der Waals surface area contributed by atoms with Crippen LogP contribution in [0.5, 0.6) is 0 Å². The van der Waals surface area contributed by atoms with E-state index in [1.165, 1.54) is 77.6 Å². The fourth-order valence-electron chi connectivity index (χ4n) is 10.2. The van der Waals surface area contributed by atoms with Crippen LogP contribution in [0.2, 0.25) is 0 Å². The monoisotopic (exact) mass is 607 g/mol. The molecule has 0 spiro atoms. The fraction of sp³-hybridized carbons (Fsp3) is 0.972. The van der Waals surface area contributed by atoms with Gasteiger partial charge in [0.05, 0.1) is 12.7 Å². The highest BCUT2D eigenvalue weighted by Gasteiger charge is 2.54. The van der Waals surface area contributed by atoms with Crippen molar-refractivity contribution in [2.75, 3.05) is 6.61 Å². The molecule has 1 amide bonds. The number of carbonyl (C=O) groups is 1. The zero-order valence-electron chi connectivity index (χ0n) is 28.2. The van der Waals surface area contributed by atoms with Gasteiger partial charge in [-0.15, -0.1) is 0 Å². The van der Waals surface area contributed by atoms with Crippen LogP contribution in [0.25, 0.3) is 0 Å². The van der Waals surface area contributed by atoms with Crippen LogP contribution in [0.1, 0.15) is 131 Å². The van der Waals surface area contributed by atoms with Crippen molar-refractivity contribution in [1.82, 2.24) is 5.32 Å². The van der Waals surface area contributed by atoms with E-state index >= 15 is 0 Å². The predicted molar refractivity (Wildman–Crippen MR) is 170 cm³/mol. The minimum absolute atomic E-state index is 0.0251. The lowest BCUT2D eigenvalue weighted by Crippen LogP contribution is -2.65. The molecule has 1 aliphatic heterocycles. The minimum Gasteiger partial charge on any atom is -0.394 e. The molecule has 4 aliphatic rings. The number of carbonyl (C=O) groups excluding carboxylic acids is 1. The van der Waals surface area contributed by atoms with Gasteiger partial charge in [-0.25, -0.2) is 0 Å². The van der Waals surface area contributed by atoms with E-state index < -0.39 is 37.3 Å². The molecule has 3 aliphatic carbocycles. The highest BCUT2D eigenvalue weighted by atomic mass is 16.7. The van der Waals surface area contributed by atoms with E-state index in [1.54, 1.807) is 0 Å². The Labute approximate surface area is 262 Å². The van der Waals surface area contributed by atoms with Crippen LogP contribution in [0.4, 0.5) is 0 Å². The van der Waals surface area contributed by atoms with Crippen molar-refractivity contribution in [3.8, 4) is 0 Å². The number of nitrogens with one attached hydrogen (secondary N) is 1. The van der Waals surface area contributed by atoms with E-state index in [-0.39, 0.29) is 12.0 Å². The second-order valence-corrected chi connectivity index (χ2v) is 15.8. The average molecular weight is 608 g/mol. The molecule has 250 valence electrons. The summed E-state index contributed by atoms with van der Waals surface area (Å²) in [5.41, 5.74) is 0.498. The van der Waals surface area contributed by atoms with Crippen molar-refractivity contribution in [2.45, 2.75) is 168 Å². The molecule has 43 heavy (non-hydrogen) atoms. The number of hydrogen-bond donors (Lipinski definition) is 4. The Hall–Kier alpha value is -0.730. The summed E-state index contributed by atoms with van der Waals surface area (Å²) < 4.78 is 12.3. The van der Waals surface area contributed by atoms with Gasteiger partial charge in [-0.1, -0.05) is 79.6 Å². The lowest BCUT2D eigenvalue weighted by atomic mass is 9.55. The minimum atomic E-state index is -1.29. The van der Waals surface area contributed by atoms with Crippen molar-refractivity contribution in [3.05, 3.63) is 0 Å². The Morgan fingerprint density at radius 1 is 1.05 bits per heavy atom. The molecule has 1 heterocycles. The summed E-state index contributed by atoms with van der Waals surface area (Å²) in [5, 5.41) is 33.5.